The zero-order valence-electron chi connectivity index (χ0n) is 14.5. The van der Waals surface area contributed by atoms with Crippen molar-refractivity contribution in [3.8, 4) is 0 Å². The first-order valence-electron chi connectivity index (χ1n) is 9.13. The van der Waals surface area contributed by atoms with E-state index in [2.05, 4.69) is 29.0 Å². The number of ether oxygens (including phenoxy) is 1. The SMILES string of the molecule is CCNC(=NCCCCN1CCOCC1)N1CCC(C)CC1. The van der Waals surface area contributed by atoms with Gasteiger partial charge in [0.1, 0.15) is 0 Å². The van der Waals surface area contributed by atoms with E-state index in [0.717, 1.165) is 64.4 Å². The molecule has 22 heavy (non-hydrogen) atoms. The van der Waals surface area contributed by atoms with E-state index in [0.29, 0.717) is 0 Å². The van der Waals surface area contributed by atoms with E-state index in [9.17, 15) is 0 Å². The smallest absolute Gasteiger partial charge is 0.193 e. The van der Waals surface area contributed by atoms with Crippen molar-refractivity contribution in [1.29, 1.82) is 0 Å². The van der Waals surface area contributed by atoms with Gasteiger partial charge < -0.3 is 15.0 Å². The number of aliphatic imine (C=N–C) groups is 1. The Morgan fingerprint density at radius 1 is 1.14 bits per heavy atom. The van der Waals surface area contributed by atoms with Crippen LogP contribution in [0.4, 0.5) is 0 Å². The third-order valence-electron chi connectivity index (χ3n) is 4.67. The number of likely N-dealkylation sites (tertiary alicyclic amines) is 1. The number of piperidine rings is 1. The maximum Gasteiger partial charge on any atom is 0.193 e. The number of unbranched alkanes of at least 4 members (excludes halogenated alkanes) is 1. The minimum absolute atomic E-state index is 0.868. The van der Waals surface area contributed by atoms with Gasteiger partial charge in [0.05, 0.1) is 13.2 Å². The summed E-state index contributed by atoms with van der Waals surface area (Å²) in [7, 11) is 0. The number of hydrogen-bond acceptors (Lipinski definition) is 3. The van der Waals surface area contributed by atoms with Crippen molar-refractivity contribution in [2.75, 3.05) is 59.0 Å². The predicted octanol–water partition coefficient (Wildman–Crippen LogP) is 1.80. The van der Waals surface area contributed by atoms with E-state index in [1.165, 1.54) is 32.2 Å². The first-order valence-corrected chi connectivity index (χ1v) is 9.13. The number of rotatable bonds is 6. The van der Waals surface area contributed by atoms with Crippen molar-refractivity contribution in [3.05, 3.63) is 0 Å². The summed E-state index contributed by atoms with van der Waals surface area (Å²) in [6.07, 6.45) is 5.00. The van der Waals surface area contributed by atoms with Gasteiger partial charge in [-0.2, -0.15) is 0 Å². The van der Waals surface area contributed by atoms with E-state index in [1.54, 1.807) is 0 Å². The molecule has 0 spiro atoms. The number of morpholine rings is 1. The Bertz CT molecular complexity index is 321. The van der Waals surface area contributed by atoms with Gasteiger partial charge in [-0.1, -0.05) is 6.92 Å². The van der Waals surface area contributed by atoms with Gasteiger partial charge in [-0.3, -0.25) is 9.89 Å². The van der Waals surface area contributed by atoms with Gasteiger partial charge in [-0.05, 0) is 45.1 Å². The van der Waals surface area contributed by atoms with Gasteiger partial charge in [-0.15, -0.1) is 0 Å². The second-order valence-electron chi connectivity index (χ2n) is 6.57. The molecule has 2 rings (SSSR count). The Labute approximate surface area is 136 Å². The third-order valence-corrected chi connectivity index (χ3v) is 4.67. The fraction of sp³-hybridized carbons (Fsp3) is 0.941. The van der Waals surface area contributed by atoms with Gasteiger partial charge in [0, 0.05) is 39.3 Å². The lowest BCUT2D eigenvalue weighted by atomic mass is 10.00. The molecule has 0 bridgehead atoms. The summed E-state index contributed by atoms with van der Waals surface area (Å²) in [4.78, 5) is 9.77. The molecule has 2 aliphatic rings. The fourth-order valence-corrected chi connectivity index (χ4v) is 3.10. The predicted molar refractivity (Wildman–Crippen MR) is 92.4 cm³/mol. The van der Waals surface area contributed by atoms with E-state index in [-0.39, 0.29) is 0 Å². The van der Waals surface area contributed by atoms with E-state index in [1.807, 2.05) is 0 Å². The van der Waals surface area contributed by atoms with Crippen molar-refractivity contribution >= 4 is 5.96 Å². The largest absolute Gasteiger partial charge is 0.379 e. The molecule has 128 valence electrons. The van der Waals surface area contributed by atoms with Crippen LogP contribution >= 0.6 is 0 Å². The van der Waals surface area contributed by atoms with E-state index >= 15 is 0 Å². The summed E-state index contributed by atoms with van der Waals surface area (Å²) < 4.78 is 5.38. The Kier molecular flexibility index (Phi) is 8.02. The number of hydrogen-bond donors (Lipinski definition) is 1. The van der Waals surface area contributed by atoms with Crippen LogP contribution in [0.2, 0.25) is 0 Å². The Morgan fingerprint density at radius 2 is 1.86 bits per heavy atom. The highest BCUT2D eigenvalue weighted by molar-refractivity contribution is 5.80. The lowest BCUT2D eigenvalue weighted by molar-refractivity contribution is 0.0373. The molecule has 0 aliphatic carbocycles. The van der Waals surface area contributed by atoms with Crippen molar-refractivity contribution < 1.29 is 4.74 Å². The van der Waals surface area contributed by atoms with Crippen molar-refractivity contribution in [2.24, 2.45) is 10.9 Å². The zero-order valence-corrected chi connectivity index (χ0v) is 14.5. The lowest BCUT2D eigenvalue weighted by Crippen LogP contribution is -2.45. The summed E-state index contributed by atoms with van der Waals surface area (Å²) in [5.41, 5.74) is 0. The van der Waals surface area contributed by atoms with Gasteiger partial charge >= 0.3 is 0 Å². The number of nitrogens with one attached hydrogen (secondary N) is 1. The molecule has 2 fully saturated rings. The molecular weight excluding hydrogens is 276 g/mol. The maximum absolute atomic E-state index is 5.38. The second kappa shape index (κ2) is 10.1. The molecule has 2 aliphatic heterocycles. The quantitative estimate of drug-likeness (QED) is 0.461. The van der Waals surface area contributed by atoms with Gasteiger partial charge in [0.2, 0.25) is 0 Å². The van der Waals surface area contributed by atoms with Crippen molar-refractivity contribution in [1.82, 2.24) is 15.1 Å². The fourth-order valence-electron chi connectivity index (χ4n) is 3.10. The van der Waals surface area contributed by atoms with Crippen LogP contribution in [0.3, 0.4) is 0 Å². The van der Waals surface area contributed by atoms with E-state index in [4.69, 9.17) is 9.73 Å². The topological polar surface area (TPSA) is 40.1 Å². The summed E-state index contributed by atoms with van der Waals surface area (Å²) in [6, 6.07) is 0. The van der Waals surface area contributed by atoms with Crippen molar-refractivity contribution in [2.45, 2.75) is 39.5 Å². The van der Waals surface area contributed by atoms with Crippen LogP contribution < -0.4 is 5.32 Å². The Morgan fingerprint density at radius 3 is 2.55 bits per heavy atom. The molecule has 0 radical (unpaired) electrons. The third kappa shape index (κ3) is 6.13. The van der Waals surface area contributed by atoms with Crippen LogP contribution in [-0.4, -0.2) is 74.8 Å². The molecule has 0 saturated carbocycles. The molecule has 5 nitrogen and oxygen atoms in total. The van der Waals surface area contributed by atoms with Gasteiger partial charge in [-0.25, -0.2) is 0 Å². The highest BCUT2D eigenvalue weighted by Crippen LogP contribution is 2.15. The van der Waals surface area contributed by atoms with Crippen LogP contribution in [-0.2, 0) is 4.74 Å². The lowest BCUT2D eigenvalue weighted by Gasteiger charge is -2.33. The average molecular weight is 310 g/mol. The number of nitrogens with zero attached hydrogens (tertiary/aromatic N) is 3. The molecule has 0 aromatic carbocycles. The molecule has 2 saturated heterocycles. The summed E-state index contributed by atoms with van der Waals surface area (Å²) >= 11 is 0. The van der Waals surface area contributed by atoms with Crippen LogP contribution in [0.15, 0.2) is 4.99 Å². The molecule has 1 N–H and O–H groups in total. The van der Waals surface area contributed by atoms with Gasteiger partial charge in [0.15, 0.2) is 5.96 Å². The molecular formula is C17H34N4O. The standard InChI is InChI=1S/C17H34N4O/c1-3-18-17(21-10-6-16(2)7-11-21)19-8-4-5-9-20-12-14-22-15-13-20/h16H,3-15H2,1-2H3,(H,18,19). The minimum Gasteiger partial charge on any atom is -0.379 e. The first-order chi connectivity index (χ1) is 10.8. The van der Waals surface area contributed by atoms with E-state index < -0.39 is 0 Å². The first kappa shape index (κ1) is 17.5. The molecule has 2 heterocycles. The van der Waals surface area contributed by atoms with Gasteiger partial charge in [0.25, 0.3) is 0 Å². The second-order valence-corrected chi connectivity index (χ2v) is 6.57. The highest BCUT2D eigenvalue weighted by Gasteiger charge is 2.18. The molecule has 0 atom stereocenters. The zero-order chi connectivity index (χ0) is 15.6. The average Bonchev–Trinajstić information content (AvgIpc) is 2.55. The molecule has 0 aromatic heterocycles. The minimum atomic E-state index is 0.868. The summed E-state index contributed by atoms with van der Waals surface area (Å²) in [6.45, 7) is 13.9. The van der Waals surface area contributed by atoms with Crippen LogP contribution in [0, 0.1) is 5.92 Å². The van der Waals surface area contributed by atoms with Crippen molar-refractivity contribution in [3.63, 3.8) is 0 Å². The summed E-state index contributed by atoms with van der Waals surface area (Å²) in [5.74, 6) is 1.99. The maximum atomic E-state index is 5.38. The normalized spacial score (nSPS) is 22.1. The monoisotopic (exact) mass is 310 g/mol. The highest BCUT2D eigenvalue weighted by atomic mass is 16.5. The Balaban J connectivity index is 1.66. The van der Waals surface area contributed by atoms with Crippen LogP contribution in [0.25, 0.3) is 0 Å². The molecule has 0 aromatic rings. The number of guanidine groups is 1. The Hall–Kier alpha value is -0.810. The van der Waals surface area contributed by atoms with Crippen LogP contribution in [0.1, 0.15) is 39.5 Å². The molecule has 0 amide bonds. The molecule has 5 heteroatoms. The molecule has 0 unspecified atom stereocenters. The van der Waals surface area contributed by atoms with Crippen LogP contribution in [0.5, 0.6) is 0 Å². The summed E-state index contributed by atoms with van der Waals surface area (Å²) in [5, 5.41) is 3.46.